The Morgan fingerprint density at radius 1 is 0.841 bits per heavy atom. The van der Waals surface area contributed by atoms with Gasteiger partial charge in [0.1, 0.15) is 11.5 Å². The Morgan fingerprint density at radius 2 is 1.57 bits per heavy atom. The van der Waals surface area contributed by atoms with Gasteiger partial charge in [0.15, 0.2) is 5.75 Å². The second-order valence-corrected chi connectivity index (χ2v) is 12.1. The van der Waals surface area contributed by atoms with Crippen LogP contribution < -0.4 is 18.9 Å². The predicted octanol–water partition coefficient (Wildman–Crippen LogP) is 7.63. The summed E-state index contributed by atoms with van der Waals surface area (Å²) in [5, 5.41) is 0.878. The van der Waals surface area contributed by atoms with E-state index < -0.39 is 0 Å². The predicted molar refractivity (Wildman–Crippen MR) is 170 cm³/mol. The Morgan fingerprint density at radius 3 is 2.36 bits per heavy atom. The van der Waals surface area contributed by atoms with Crippen LogP contribution in [0.25, 0.3) is 43.0 Å². The Bertz CT molecular complexity index is 1780. The average molecular weight is 628 g/mol. The van der Waals surface area contributed by atoms with Crippen LogP contribution in [0.1, 0.15) is 38.2 Å². The highest BCUT2D eigenvalue weighted by Crippen LogP contribution is 2.51. The van der Waals surface area contributed by atoms with Crippen molar-refractivity contribution in [1.29, 1.82) is 0 Å². The van der Waals surface area contributed by atoms with E-state index in [4.69, 9.17) is 23.9 Å². The first-order valence-corrected chi connectivity index (χ1v) is 16.0. The van der Waals surface area contributed by atoms with Crippen LogP contribution in [-0.2, 0) is 16.0 Å². The summed E-state index contributed by atoms with van der Waals surface area (Å²) in [7, 11) is 0. The number of unbranched alkanes of at least 4 members (excludes halogenated alkanes) is 1. The van der Waals surface area contributed by atoms with Gasteiger partial charge in [0, 0.05) is 45.9 Å². The van der Waals surface area contributed by atoms with E-state index in [1.54, 1.807) is 53.1 Å². The Hall–Kier alpha value is -4.61. The van der Waals surface area contributed by atoms with Crippen molar-refractivity contribution in [2.45, 2.75) is 39.0 Å². The smallest absolute Gasteiger partial charge is 0.298 e. The quantitative estimate of drug-likeness (QED) is 0.102. The molecule has 0 amide bonds. The van der Waals surface area contributed by atoms with Gasteiger partial charge in [-0.05, 0) is 61.6 Å². The van der Waals surface area contributed by atoms with Crippen LogP contribution in [0.3, 0.4) is 0 Å². The van der Waals surface area contributed by atoms with Crippen LogP contribution in [-0.4, -0.2) is 41.1 Å². The number of ether oxygens (including phenoxy) is 4. The molecule has 6 rings (SSSR count). The van der Waals surface area contributed by atoms with Crippen molar-refractivity contribution in [3.8, 4) is 65.3 Å². The Labute approximate surface area is 262 Å². The van der Waals surface area contributed by atoms with Crippen molar-refractivity contribution >= 4 is 35.6 Å². The highest BCUT2D eigenvalue weighted by molar-refractivity contribution is 7.24. The van der Waals surface area contributed by atoms with Gasteiger partial charge in [-0.15, -0.1) is 11.3 Å². The first-order chi connectivity index (χ1) is 21.7. The largest absolute Gasteiger partial charge is 0.488 e. The second kappa shape index (κ2) is 13.8. The number of rotatable bonds is 12. The highest BCUT2D eigenvalue weighted by Gasteiger charge is 2.25. The van der Waals surface area contributed by atoms with Gasteiger partial charge in [-0.1, -0.05) is 24.7 Å². The maximum absolute atomic E-state index is 11.2. The lowest BCUT2D eigenvalue weighted by Gasteiger charge is -2.09. The van der Waals surface area contributed by atoms with Gasteiger partial charge >= 0.3 is 0 Å². The lowest BCUT2D eigenvalue weighted by atomic mass is 10.1. The summed E-state index contributed by atoms with van der Waals surface area (Å²) < 4.78 is 22.5. The molecule has 0 fully saturated rings. The van der Waals surface area contributed by atoms with Crippen LogP contribution >= 0.6 is 22.7 Å². The zero-order valence-electron chi connectivity index (χ0n) is 24.0. The average Bonchev–Trinajstić information content (AvgIpc) is 3.59. The number of thiophene rings is 2. The molecule has 0 bridgehead atoms. The maximum atomic E-state index is 11.2. The molecule has 0 aliphatic carbocycles. The minimum Gasteiger partial charge on any atom is -0.488 e. The summed E-state index contributed by atoms with van der Waals surface area (Å²) in [4.78, 5) is 39.1. The van der Waals surface area contributed by atoms with Crippen LogP contribution in [0, 0.1) is 0 Å². The number of aromatic nitrogens is 3. The third kappa shape index (κ3) is 6.48. The van der Waals surface area contributed by atoms with Crippen molar-refractivity contribution in [1.82, 2.24) is 15.0 Å². The molecular formula is C33H29N3O6S2. The van der Waals surface area contributed by atoms with E-state index in [9.17, 15) is 9.59 Å². The van der Waals surface area contributed by atoms with Crippen molar-refractivity contribution in [3.05, 3.63) is 66.5 Å². The van der Waals surface area contributed by atoms with Crippen LogP contribution in [0.5, 0.6) is 22.3 Å². The molecule has 1 aliphatic rings. The molecule has 0 saturated carbocycles. The molecule has 0 spiro atoms. The van der Waals surface area contributed by atoms with E-state index in [2.05, 4.69) is 29.0 Å². The SMILES string of the molecule is CCCCOc1sc(-c2ccc(-c3ccnc(-c4cc(OC=O)cc(-c5cc(OC=O)ccn5)n4)c3)s2)c2c1OCCCC2. The van der Waals surface area contributed by atoms with Gasteiger partial charge in [0.05, 0.1) is 40.9 Å². The van der Waals surface area contributed by atoms with Gasteiger partial charge in [-0.25, -0.2) is 4.98 Å². The van der Waals surface area contributed by atoms with E-state index >= 15 is 0 Å². The molecule has 0 saturated heterocycles. The van der Waals surface area contributed by atoms with E-state index in [0.29, 0.717) is 54.7 Å². The lowest BCUT2D eigenvalue weighted by molar-refractivity contribution is -0.121. The van der Waals surface area contributed by atoms with Crippen molar-refractivity contribution in [2.24, 2.45) is 0 Å². The first-order valence-electron chi connectivity index (χ1n) is 14.3. The summed E-state index contributed by atoms with van der Waals surface area (Å²) in [5.74, 6) is 1.51. The first kappa shape index (κ1) is 29.5. The molecule has 5 aromatic heterocycles. The zero-order chi connectivity index (χ0) is 30.3. The fraction of sp³-hybridized carbons (Fsp3) is 0.242. The normalized spacial score (nSPS) is 12.5. The summed E-state index contributed by atoms with van der Waals surface area (Å²) in [5.41, 5.74) is 4.19. The molecule has 0 atom stereocenters. The minimum absolute atomic E-state index is 0.284. The molecule has 44 heavy (non-hydrogen) atoms. The number of pyridine rings is 3. The number of nitrogens with zero attached hydrogens (tertiary/aromatic N) is 3. The molecule has 9 nitrogen and oxygen atoms in total. The van der Waals surface area contributed by atoms with Crippen LogP contribution in [0.4, 0.5) is 0 Å². The topological polar surface area (TPSA) is 110 Å². The van der Waals surface area contributed by atoms with Gasteiger partial charge < -0.3 is 18.9 Å². The van der Waals surface area contributed by atoms with E-state index in [0.717, 1.165) is 53.4 Å². The third-order valence-corrected chi connectivity index (χ3v) is 9.46. The number of fused-ring (bicyclic) bond motifs is 1. The molecule has 0 N–H and O–H groups in total. The number of hydrogen-bond donors (Lipinski definition) is 0. The summed E-state index contributed by atoms with van der Waals surface area (Å²) in [6.45, 7) is 4.26. The third-order valence-electron chi connectivity index (χ3n) is 7.02. The van der Waals surface area contributed by atoms with E-state index in [1.165, 1.54) is 21.5 Å². The fourth-order valence-electron chi connectivity index (χ4n) is 4.89. The Kier molecular flexibility index (Phi) is 9.23. The number of carbonyl (C=O) groups excluding carboxylic acids is 2. The molecule has 1 aliphatic heterocycles. The molecule has 0 radical (unpaired) electrons. The highest BCUT2D eigenvalue weighted by atomic mass is 32.1. The molecule has 6 heterocycles. The van der Waals surface area contributed by atoms with Crippen molar-refractivity contribution in [3.63, 3.8) is 0 Å². The summed E-state index contributed by atoms with van der Waals surface area (Å²) >= 11 is 3.38. The van der Waals surface area contributed by atoms with Gasteiger partial charge in [-0.3, -0.25) is 19.6 Å². The van der Waals surface area contributed by atoms with Gasteiger partial charge in [0.2, 0.25) is 5.06 Å². The number of hydrogen-bond acceptors (Lipinski definition) is 11. The summed E-state index contributed by atoms with van der Waals surface area (Å²) in [6, 6.07) is 14.6. The molecule has 0 unspecified atom stereocenters. The minimum atomic E-state index is 0.284. The van der Waals surface area contributed by atoms with Crippen LogP contribution in [0.2, 0.25) is 0 Å². The Balaban J connectivity index is 1.33. The number of carbonyl (C=O) groups is 2. The van der Waals surface area contributed by atoms with Crippen molar-refractivity contribution in [2.75, 3.05) is 13.2 Å². The summed E-state index contributed by atoms with van der Waals surface area (Å²) in [6.07, 6.45) is 8.42. The molecule has 0 aromatic carbocycles. The van der Waals surface area contributed by atoms with Gasteiger partial charge in [0.25, 0.3) is 12.9 Å². The lowest BCUT2D eigenvalue weighted by Crippen LogP contribution is -1.99. The van der Waals surface area contributed by atoms with E-state index in [1.807, 2.05) is 12.1 Å². The zero-order valence-corrected chi connectivity index (χ0v) is 25.6. The maximum Gasteiger partial charge on any atom is 0.298 e. The second-order valence-electron chi connectivity index (χ2n) is 10.0. The van der Waals surface area contributed by atoms with Crippen LogP contribution in [0.15, 0.2) is 60.9 Å². The molecule has 11 heteroatoms. The molecule has 224 valence electrons. The van der Waals surface area contributed by atoms with Crippen molar-refractivity contribution < 1.29 is 28.5 Å². The standard InChI is InChI=1S/C33H29N3O6S2/c1-2-3-13-40-33-31-24(6-4-5-14-39-31)32(44-33)30-8-7-29(43-30)21-9-11-34-25(15-21)27-17-23(42-20-38)18-28(36-27)26-16-22(41-19-37)10-12-35-26/h7-12,15-20H,2-6,13-14H2,1H3. The molecule has 5 aromatic rings. The van der Waals surface area contributed by atoms with Gasteiger partial charge in [-0.2, -0.15) is 0 Å². The molecular weight excluding hydrogens is 599 g/mol. The van der Waals surface area contributed by atoms with E-state index in [-0.39, 0.29) is 5.75 Å². The fourth-order valence-corrected chi connectivity index (χ4v) is 7.20. The monoisotopic (exact) mass is 627 g/mol.